The second kappa shape index (κ2) is 6.04. The molecule has 0 fully saturated rings. The molecule has 1 unspecified atom stereocenters. The van der Waals surface area contributed by atoms with Crippen LogP contribution in [0.1, 0.15) is 25.1 Å². The predicted octanol–water partition coefficient (Wildman–Crippen LogP) is 4.06. The fourth-order valence-electron chi connectivity index (χ4n) is 2.22. The van der Waals surface area contributed by atoms with Crippen molar-refractivity contribution in [1.82, 2.24) is 4.98 Å². The van der Waals surface area contributed by atoms with Crippen LogP contribution in [0, 0.1) is 10.1 Å². The maximum absolute atomic E-state index is 13.0. The molecule has 126 valence electrons. The highest BCUT2D eigenvalue weighted by Gasteiger charge is 2.39. The van der Waals surface area contributed by atoms with Gasteiger partial charge in [-0.3, -0.25) is 10.1 Å². The molecule has 5 nitrogen and oxygen atoms in total. The summed E-state index contributed by atoms with van der Waals surface area (Å²) in [5.74, 6) is 1.13. The Morgan fingerprint density at radius 3 is 2.52 bits per heavy atom. The average Bonchev–Trinajstić information content (AvgIpc) is 2.86. The van der Waals surface area contributed by atoms with Gasteiger partial charge in [0.2, 0.25) is 0 Å². The second-order valence-corrected chi connectivity index (χ2v) is 6.58. The summed E-state index contributed by atoms with van der Waals surface area (Å²) in [7, 11) is 0. The van der Waals surface area contributed by atoms with Gasteiger partial charge >= 0.3 is 6.18 Å². The number of alkyl halides is 3. The van der Waals surface area contributed by atoms with Gasteiger partial charge in [0, 0.05) is 28.4 Å². The van der Waals surface area contributed by atoms with Gasteiger partial charge in [0.25, 0.3) is 5.69 Å². The van der Waals surface area contributed by atoms with Crippen molar-refractivity contribution in [3.8, 4) is 0 Å². The fraction of sp³-hybridized carbons (Fsp3) is 0.429. The van der Waals surface area contributed by atoms with Crippen LogP contribution >= 0.6 is 11.8 Å². The minimum atomic E-state index is -4.83. The Morgan fingerprint density at radius 2 is 2.00 bits per heavy atom. The zero-order chi connectivity index (χ0) is 17.4. The van der Waals surface area contributed by atoms with Crippen LogP contribution < -0.4 is 0 Å². The third kappa shape index (κ3) is 3.61. The quantitative estimate of drug-likeness (QED) is 0.631. The van der Waals surface area contributed by atoms with Crippen LogP contribution in [0.4, 0.5) is 18.9 Å². The number of benzene rings is 1. The molecule has 0 spiro atoms. The number of nitro groups is 1. The van der Waals surface area contributed by atoms with E-state index in [0.717, 1.165) is 11.8 Å². The average molecular weight is 348 g/mol. The number of aromatic amines is 1. The molecule has 0 amide bonds. The molecule has 0 radical (unpaired) electrons. The summed E-state index contributed by atoms with van der Waals surface area (Å²) in [4.78, 5) is 12.6. The van der Waals surface area contributed by atoms with E-state index in [0.29, 0.717) is 17.5 Å². The van der Waals surface area contributed by atoms with Gasteiger partial charge in [-0.05, 0) is 24.8 Å². The van der Waals surface area contributed by atoms with Gasteiger partial charge < -0.3 is 10.1 Å². The predicted molar refractivity (Wildman–Crippen MR) is 82.5 cm³/mol. The third-order valence-electron chi connectivity index (χ3n) is 3.41. The first-order chi connectivity index (χ1) is 10.6. The number of thioether (sulfide) groups is 1. The van der Waals surface area contributed by atoms with Crippen LogP contribution in [-0.4, -0.2) is 26.5 Å². The van der Waals surface area contributed by atoms with E-state index in [1.165, 1.54) is 17.8 Å². The van der Waals surface area contributed by atoms with Gasteiger partial charge in [0.05, 0.1) is 4.92 Å². The Bertz CT molecular complexity index is 741. The number of halogens is 3. The minimum Gasteiger partial charge on any atom is -0.383 e. The summed E-state index contributed by atoms with van der Waals surface area (Å²) in [6.07, 6.45) is -4.83. The lowest BCUT2D eigenvalue weighted by Gasteiger charge is -2.21. The van der Waals surface area contributed by atoms with Crippen molar-refractivity contribution in [3.05, 3.63) is 39.6 Å². The highest BCUT2D eigenvalue weighted by molar-refractivity contribution is 7.99. The summed E-state index contributed by atoms with van der Waals surface area (Å²) >= 11 is 1.48. The molecule has 1 heterocycles. The highest BCUT2D eigenvalue weighted by Crippen LogP contribution is 2.39. The van der Waals surface area contributed by atoms with Crippen molar-refractivity contribution in [1.29, 1.82) is 0 Å². The summed E-state index contributed by atoms with van der Waals surface area (Å²) in [5, 5.41) is 21.6. The lowest BCUT2D eigenvalue weighted by Crippen LogP contribution is -2.24. The number of hydrogen-bond donors (Lipinski definition) is 2. The highest BCUT2D eigenvalue weighted by atomic mass is 32.2. The van der Waals surface area contributed by atoms with Crippen LogP contribution in [0.3, 0.4) is 0 Å². The number of aliphatic hydroxyl groups is 1. The van der Waals surface area contributed by atoms with Crippen molar-refractivity contribution < 1.29 is 23.2 Å². The van der Waals surface area contributed by atoms with E-state index < -0.39 is 28.0 Å². The largest absolute Gasteiger partial charge is 0.423 e. The van der Waals surface area contributed by atoms with Crippen molar-refractivity contribution in [2.45, 2.75) is 25.6 Å². The number of aromatic nitrogens is 1. The van der Waals surface area contributed by atoms with Gasteiger partial charge in [-0.25, -0.2) is 0 Å². The Hall–Kier alpha value is -1.74. The molecule has 0 aliphatic rings. The minimum absolute atomic E-state index is 0.0969. The number of nitro benzene ring substituents is 1. The van der Waals surface area contributed by atoms with Crippen molar-refractivity contribution in [3.63, 3.8) is 0 Å². The van der Waals surface area contributed by atoms with Crippen LogP contribution in [0.5, 0.6) is 0 Å². The summed E-state index contributed by atoms with van der Waals surface area (Å²) in [5.41, 5.74) is -3.17. The van der Waals surface area contributed by atoms with Crippen molar-refractivity contribution >= 4 is 28.4 Å². The monoisotopic (exact) mass is 348 g/mol. The molecule has 1 atom stereocenters. The molecule has 0 bridgehead atoms. The lowest BCUT2D eigenvalue weighted by atomic mass is 10.1. The number of H-pyrrole nitrogens is 1. The first-order valence-electron chi connectivity index (χ1n) is 6.75. The lowest BCUT2D eigenvalue weighted by molar-refractivity contribution is -0.387. The van der Waals surface area contributed by atoms with Crippen molar-refractivity contribution in [2.75, 3.05) is 11.5 Å². The van der Waals surface area contributed by atoms with Crippen LogP contribution in [-0.2, 0) is 11.8 Å². The van der Waals surface area contributed by atoms with Gasteiger partial charge in [-0.2, -0.15) is 24.9 Å². The number of hydrogen-bond acceptors (Lipinski definition) is 4. The molecule has 2 aromatic rings. The summed E-state index contributed by atoms with van der Waals surface area (Å²) < 4.78 is 38.9. The normalized spacial score (nSPS) is 14.9. The molecule has 0 aliphatic carbocycles. The maximum atomic E-state index is 13.0. The van der Waals surface area contributed by atoms with E-state index in [9.17, 15) is 28.4 Å². The van der Waals surface area contributed by atoms with E-state index in [2.05, 4.69) is 4.98 Å². The van der Waals surface area contributed by atoms with Crippen LogP contribution in [0.25, 0.3) is 10.9 Å². The number of fused-ring (bicyclic) bond motifs is 1. The maximum Gasteiger partial charge on any atom is 0.423 e. The Labute approximate surface area is 134 Å². The molecule has 2 rings (SSSR count). The molecule has 1 aromatic carbocycles. The van der Waals surface area contributed by atoms with Crippen LogP contribution in [0.15, 0.2) is 18.2 Å². The van der Waals surface area contributed by atoms with Gasteiger partial charge in [0.15, 0.2) is 0 Å². The number of nitrogens with one attached hydrogen (secondary N) is 1. The van der Waals surface area contributed by atoms with E-state index >= 15 is 0 Å². The number of nitrogens with zero attached hydrogens (tertiary/aromatic N) is 1. The summed E-state index contributed by atoms with van der Waals surface area (Å²) in [6, 6.07) is 3.03. The Kier molecular flexibility index (Phi) is 4.63. The summed E-state index contributed by atoms with van der Waals surface area (Å²) in [6.45, 7) is 3.46. The first-order valence-corrected chi connectivity index (χ1v) is 7.90. The smallest absolute Gasteiger partial charge is 0.383 e. The molecular formula is C14H15F3N2O3S. The van der Waals surface area contributed by atoms with Gasteiger partial charge in [-0.1, -0.05) is 6.92 Å². The molecule has 0 aliphatic heterocycles. The van der Waals surface area contributed by atoms with Crippen LogP contribution in [0.2, 0.25) is 0 Å². The zero-order valence-electron chi connectivity index (χ0n) is 12.4. The number of rotatable bonds is 5. The SMILES string of the molecule is CCSCC(C)(O)c1cc2cc([N+](=O)[O-])c(C(F)(F)F)cc2[nH]1. The molecule has 23 heavy (non-hydrogen) atoms. The third-order valence-corrected chi connectivity index (χ3v) is 4.58. The standard InChI is InChI=1S/C14H15F3N2O3S/c1-3-23-7-13(2,20)12-5-8-4-11(19(21)22)9(14(15,16)17)6-10(8)18-12/h4-6,18,20H,3,7H2,1-2H3. The Morgan fingerprint density at radius 1 is 1.35 bits per heavy atom. The molecule has 0 saturated heterocycles. The topological polar surface area (TPSA) is 79.2 Å². The van der Waals surface area contributed by atoms with E-state index in [1.807, 2.05) is 6.92 Å². The fourth-order valence-corrected chi connectivity index (χ4v) is 2.97. The Balaban J connectivity index is 2.58. The van der Waals surface area contributed by atoms with Gasteiger partial charge in [-0.15, -0.1) is 0 Å². The second-order valence-electron chi connectivity index (χ2n) is 5.31. The van der Waals surface area contributed by atoms with E-state index in [-0.39, 0.29) is 10.9 Å². The molecular weight excluding hydrogens is 333 g/mol. The van der Waals surface area contributed by atoms with Gasteiger partial charge in [0.1, 0.15) is 11.2 Å². The van der Waals surface area contributed by atoms with E-state index in [4.69, 9.17) is 0 Å². The van der Waals surface area contributed by atoms with E-state index in [1.54, 1.807) is 6.92 Å². The zero-order valence-corrected chi connectivity index (χ0v) is 13.2. The van der Waals surface area contributed by atoms with Crippen molar-refractivity contribution in [2.24, 2.45) is 0 Å². The molecule has 9 heteroatoms. The molecule has 0 saturated carbocycles. The first kappa shape index (κ1) is 17.6. The molecule has 2 N–H and O–H groups in total. The molecule has 1 aromatic heterocycles.